The number of aldehydes is 1. The van der Waals surface area contributed by atoms with Crippen molar-refractivity contribution in [1.29, 1.82) is 0 Å². The second-order valence-corrected chi connectivity index (χ2v) is 4.55. The number of hydrogen-bond donors (Lipinski definition) is 0. The zero-order valence-electron chi connectivity index (χ0n) is 8.03. The van der Waals surface area contributed by atoms with E-state index >= 15 is 0 Å². The predicted octanol–water partition coefficient (Wildman–Crippen LogP) is 0.785. The maximum atomic E-state index is 11.4. The lowest BCUT2D eigenvalue weighted by Crippen LogP contribution is -2.46. The van der Waals surface area contributed by atoms with E-state index in [0.29, 0.717) is 12.3 Å². The van der Waals surface area contributed by atoms with Gasteiger partial charge in [-0.05, 0) is 6.92 Å². The number of rotatable bonds is 3. The number of thioether (sulfide) groups is 1. The summed E-state index contributed by atoms with van der Waals surface area (Å²) in [6, 6.07) is 0.272. The Hall–Kier alpha value is -0.510. The highest BCUT2D eigenvalue weighted by molar-refractivity contribution is 8.00. The van der Waals surface area contributed by atoms with Gasteiger partial charge in [-0.3, -0.25) is 4.79 Å². The van der Waals surface area contributed by atoms with E-state index in [0.717, 1.165) is 12.0 Å². The molecule has 0 radical (unpaired) electrons. The summed E-state index contributed by atoms with van der Waals surface area (Å²) in [5, 5.41) is 0. The quantitative estimate of drug-likeness (QED) is 0.633. The lowest BCUT2D eigenvalue weighted by atomic mass is 10.1. The lowest BCUT2D eigenvalue weighted by Gasteiger charge is -2.33. The summed E-state index contributed by atoms with van der Waals surface area (Å²) in [6.45, 7) is 4.44. The molecule has 0 aromatic heterocycles. The van der Waals surface area contributed by atoms with Gasteiger partial charge in [0.25, 0.3) is 0 Å². The monoisotopic (exact) mass is 201 g/mol. The number of nitrogens with zero attached hydrogens (tertiary/aromatic N) is 1. The second-order valence-electron chi connectivity index (χ2n) is 3.52. The van der Waals surface area contributed by atoms with Crippen molar-refractivity contribution in [2.45, 2.75) is 19.9 Å². The third-order valence-electron chi connectivity index (χ3n) is 2.15. The summed E-state index contributed by atoms with van der Waals surface area (Å²) in [5.41, 5.74) is 0. The molecule has 74 valence electrons. The molecule has 4 heteroatoms. The van der Waals surface area contributed by atoms with Crippen molar-refractivity contribution < 1.29 is 9.59 Å². The molecular formula is C9H15NO2S. The van der Waals surface area contributed by atoms with Crippen LogP contribution in [-0.2, 0) is 9.59 Å². The van der Waals surface area contributed by atoms with E-state index in [1.807, 2.05) is 18.7 Å². The molecule has 0 spiro atoms. The third kappa shape index (κ3) is 2.72. The van der Waals surface area contributed by atoms with E-state index in [2.05, 4.69) is 0 Å². The Morgan fingerprint density at radius 3 is 3.00 bits per heavy atom. The minimum absolute atomic E-state index is 0.0468. The van der Waals surface area contributed by atoms with Crippen molar-refractivity contribution >= 4 is 24.0 Å². The van der Waals surface area contributed by atoms with E-state index in [-0.39, 0.29) is 17.9 Å². The van der Waals surface area contributed by atoms with Crippen LogP contribution in [0.3, 0.4) is 0 Å². The largest absolute Gasteiger partial charge is 0.338 e. The molecule has 1 saturated heterocycles. The molecule has 2 atom stereocenters. The van der Waals surface area contributed by atoms with Gasteiger partial charge in [0.15, 0.2) is 0 Å². The molecule has 0 aromatic carbocycles. The van der Waals surface area contributed by atoms with E-state index in [4.69, 9.17) is 0 Å². The average molecular weight is 201 g/mol. The first-order chi connectivity index (χ1) is 6.15. The lowest BCUT2D eigenvalue weighted by molar-refractivity contribution is -0.131. The van der Waals surface area contributed by atoms with Crippen LogP contribution in [0.2, 0.25) is 0 Å². The molecule has 1 aliphatic rings. The first-order valence-electron chi connectivity index (χ1n) is 4.47. The van der Waals surface area contributed by atoms with Gasteiger partial charge in [0.05, 0.1) is 5.75 Å². The zero-order valence-corrected chi connectivity index (χ0v) is 8.84. The van der Waals surface area contributed by atoms with Gasteiger partial charge in [0.2, 0.25) is 5.91 Å². The molecule has 2 unspecified atom stereocenters. The van der Waals surface area contributed by atoms with Gasteiger partial charge in [0, 0.05) is 24.3 Å². The number of carbonyl (C=O) groups is 2. The maximum Gasteiger partial charge on any atom is 0.232 e. The van der Waals surface area contributed by atoms with Crippen LogP contribution in [0.15, 0.2) is 0 Å². The van der Waals surface area contributed by atoms with Gasteiger partial charge < -0.3 is 9.69 Å². The van der Waals surface area contributed by atoms with E-state index in [1.165, 1.54) is 0 Å². The van der Waals surface area contributed by atoms with Crippen LogP contribution in [0.25, 0.3) is 0 Å². The molecule has 0 aromatic rings. The Labute approximate surface area is 82.9 Å². The van der Waals surface area contributed by atoms with Crippen LogP contribution in [0.4, 0.5) is 0 Å². The molecule has 13 heavy (non-hydrogen) atoms. The third-order valence-corrected chi connectivity index (χ3v) is 3.32. The summed E-state index contributed by atoms with van der Waals surface area (Å²) in [6.07, 6.45) is 0.905. The highest BCUT2D eigenvalue weighted by Crippen LogP contribution is 2.17. The summed E-state index contributed by atoms with van der Waals surface area (Å²) < 4.78 is 0. The molecule has 1 fully saturated rings. The Bertz CT molecular complexity index is 208. The molecule has 0 aliphatic carbocycles. The summed E-state index contributed by atoms with van der Waals surface area (Å²) in [7, 11) is 0. The number of amides is 1. The number of carbonyl (C=O) groups excluding carboxylic acids is 2. The topological polar surface area (TPSA) is 37.4 Å². The molecule has 0 N–H and O–H groups in total. The molecule has 0 saturated carbocycles. The SMILES string of the molecule is CC(C=O)CN1C(=O)CSCC1C. The summed E-state index contributed by atoms with van der Waals surface area (Å²) in [4.78, 5) is 23.7. The van der Waals surface area contributed by atoms with Gasteiger partial charge >= 0.3 is 0 Å². The highest BCUT2D eigenvalue weighted by atomic mass is 32.2. The molecule has 1 aliphatic heterocycles. The first-order valence-corrected chi connectivity index (χ1v) is 5.63. The zero-order chi connectivity index (χ0) is 9.84. The summed E-state index contributed by atoms with van der Waals surface area (Å²) >= 11 is 1.67. The molecule has 0 bridgehead atoms. The Balaban J connectivity index is 2.53. The minimum Gasteiger partial charge on any atom is -0.338 e. The van der Waals surface area contributed by atoms with Crippen molar-refractivity contribution in [3.05, 3.63) is 0 Å². The van der Waals surface area contributed by atoms with E-state index < -0.39 is 0 Å². The van der Waals surface area contributed by atoms with Crippen LogP contribution in [0.5, 0.6) is 0 Å². The van der Waals surface area contributed by atoms with Crippen LogP contribution >= 0.6 is 11.8 Å². The van der Waals surface area contributed by atoms with Gasteiger partial charge in [-0.15, -0.1) is 11.8 Å². The highest BCUT2D eigenvalue weighted by Gasteiger charge is 2.25. The Morgan fingerprint density at radius 2 is 2.46 bits per heavy atom. The second kappa shape index (κ2) is 4.65. The predicted molar refractivity (Wildman–Crippen MR) is 53.7 cm³/mol. The van der Waals surface area contributed by atoms with Gasteiger partial charge in [-0.25, -0.2) is 0 Å². The van der Waals surface area contributed by atoms with Crippen molar-refractivity contribution in [2.24, 2.45) is 5.92 Å². The fraction of sp³-hybridized carbons (Fsp3) is 0.778. The average Bonchev–Trinajstić information content (AvgIpc) is 2.11. The van der Waals surface area contributed by atoms with Crippen LogP contribution < -0.4 is 0 Å². The maximum absolute atomic E-state index is 11.4. The fourth-order valence-electron chi connectivity index (χ4n) is 1.37. The first kappa shape index (κ1) is 10.6. The smallest absolute Gasteiger partial charge is 0.232 e. The minimum atomic E-state index is -0.0468. The van der Waals surface area contributed by atoms with Crippen molar-refractivity contribution in [3.63, 3.8) is 0 Å². The van der Waals surface area contributed by atoms with Gasteiger partial charge in [-0.1, -0.05) is 6.92 Å². The fourth-order valence-corrected chi connectivity index (χ4v) is 2.35. The summed E-state index contributed by atoms with van der Waals surface area (Å²) in [5.74, 6) is 1.67. The molecule has 1 heterocycles. The molecule has 1 rings (SSSR count). The Kier molecular flexibility index (Phi) is 3.78. The van der Waals surface area contributed by atoms with Crippen molar-refractivity contribution in [3.8, 4) is 0 Å². The standard InChI is InChI=1S/C9H15NO2S/c1-7(4-11)3-10-8(2)5-13-6-9(10)12/h4,7-8H,3,5-6H2,1-2H3. The van der Waals surface area contributed by atoms with E-state index in [9.17, 15) is 9.59 Å². The molecule has 3 nitrogen and oxygen atoms in total. The molecule has 1 amide bonds. The van der Waals surface area contributed by atoms with Gasteiger partial charge in [0.1, 0.15) is 6.29 Å². The normalized spacial score (nSPS) is 25.8. The number of hydrogen-bond acceptors (Lipinski definition) is 3. The van der Waals surface area contributed by atoms with Crippen LogP contribution in [0.1, 0.15) is 13.8 Å². The molecular weight excluding hydrogens is 186 g/mol. The Morgan fingerprint density at radius 1 is 1.77 bits per heavy atom. The van der Waals surface area contributed by atoms with Gasteiger partial charge in [-0.2, -0.15) is 0 Å². The van der Waals surface area contributed by atoms with E-state index in [1.54, 1.807) is 11.8 Å². The van der Waals surface area contributed by atoms with Crippen molar-refractivity contribution in [1.82, 2.24) is 4.90 Å². The van der Waals surface area contributed by atoms with Crippen LogP contribution in [-0.4, -0.2) is 41.2 Å². The van der Waals surface area contributed by atoms with Crippen molar-refractivity contribution in [2.75, 3.05) is 18.1 Å². The van der Waals surface area contributed by atoms with Crippen LogP contribution in [0, 0.1) is 5.92 Å².